The second-order valence-corrected chi connectivity index (χ2v) is 7.45. The third kappa shape index (κ3) is 2.52. The summed E-state index contributed by atoms with van der Waals surface area (Å²) in [4.78, 5) is 29.7. The maximum absolute atomic E-state index is 12.9. The zero-order valence-electron chi connectivity index (χ0n) is 14.1. The summed E-state index contributed by atoms with van der Waals surface area (Å²) in [5.41, 5.74) is 0.846. The minimum Gasteiger partial charge on any atom is -0.352 e. The Morgan fingerprint density at radius 2 is 1.92 bits per heavy atom. The summed E-state index contributed by atoms with van der Waals surface area (Å²) >= 11 is 1.57. The van der Waals surface area contributed by atoms with Crippen LogP contribution in [-0.2, 0) is 0 Å². The minimum absolute atomic E-state index is 0.125. The number of aromatic nitrogens is 3. The fourth-order valence-electron chi connectivity index (χ4n) is 3.48. The summed E-state index contributed by atoms with van der Waals surface area (Å²) in [6.07, 6.45) is 3.47. The van der Waals surface area contributed by atoms with Crippen LogP contribution in [0.4, 0.5) is 5.82 Å². The van der Waals surface area contributed by atoms with E-state index in [4.69, 9.17) is 0 Å². The number of nitrogens with one attached hydrogen (secondary N) is 1. The first-order chi connectivity index (χ1) is 12.8. The number of hydrogen-bond donors (Lipinski definition) is 1. The van der Waals surface area contributed by atoms with Crippen molar-refractivity contribution in [3.8, 4) is 0 Å². The Balaban J connectivity index is 1.33. The molecule has 0 spiro atoms. The van der Waals surface area contributed by atoms with Crippen LogP contribution in [-0.4, -0.2) is 51.9 Å². The van der Waals surface area contributed by atoms with Gasteiger partial charge in [0, 0.05) is 37.1 Å². The van der Waals surface area contributed by atoms with Gasteiger partial charge in [-0.25, -0.2) is 9.97 Å². The van der Waals surface area contributed by atoms with Crippen molar-refractivity contribution in [2.45, 2.75) is 0 Å². The van der Waals surface area contributed by atoms with Gasteiger partial charge in [-0.1, -0.05) is 18.2 Å². The number of anilines is 1. The van der Waals surface area contributed by atoms with Crippen molar-refractivity contribution in [3.63, 3.8) is 0 Å². The number of amides is 1. The van der Waals surface area contributed by atoms with E-state index in [0.29, 0.717) is 13.1 Å². The molecule has 0 radical (unpaired) electrons. The van der Waals surface area contributed by atoms with Gasteiger partial charge < -0.3 is 14.8 Å². The molecule has 130 valence electrons. The van der Waals surface area contributed by atoms with Crippen LogP contribution in [0.25, 0.3) is 21.1 Å². The Labute approximate surface area is 154 Å². The molecule has 1 N–H and O–H groups in total. The molecule has 1 amide bonds. The maximum atomic E-state index is 12.9. The van der Waals surface area contributed by atoms with Crippen LogP contribution in [0.1, 0.15) is 9.67 Å². The highest BCUT2D eigenvalue weighted by atomic mass is 32.1. The third-order valence-electron chi connectivity index (χ3n) is 4.84. The van der Waals surface area contributed by atoms with Crippen molar-refractivity contribution >= 4 is 44.2 Å². The van der Waals surface area contributed by atoms with Gasteiger partial charge in [0.25, 0.3) is 5.91 Å². The lowest BCUT2D eigenvalue weighted by Gasteiger charge is -2.35. The van der Waals surface area contributed by atoms with E-state index >= 15 is 0 Å². The Kier molecular flexibility index (Phi) is 3.60. The number of carbonyl (C=O) groups excluding carboxylic acids is 1. The van der Waals surface area contributed by atoms with Gasteiger partial charge in [0.05, 0.1) is 10.3 Å². The number of carbonyl (C=O) groups is 1. The average Bonchev–Trinajstić information content (AvgIpc) is 3.34. The van der Waals surface area contributed by atoms with Gasteiger partial charge >= 0.3 is 0 Å². The van der Waals surface area contributed by atoms with Gasteiger partial charge in [-0.2, -0.15) is 0 Å². The van der Waals surface area contributed by atoms with Crippen LogP contribution < -0.4 is 4.90 Å². The smallest absolute Gasteiger partial charge is 0.264 e. The summed E-state index contributed by atoms with van der Waals surface area (Å²) in [7, 11) is 0. The normalized spacial score (nSPS) is 15.1. The molecule has 1 aromatic carbocycles. The topological polar surface area (TPSA) is 65.1 Å². The molecule has 1 saturated heterocycles. The monoisotopic (exact) mass is 363 g/mol. The molecule has 0 aliphatic carbocycles. The molecular weight excluding hydrogens is 346 g/mol. The Bertz CT molecular complexity index is 1060. The summed E-state index contributed by atoms with van der Waals surface area (Å²) in [5, 5.41) is 2.16. The number of rotatable bonds is 2. The molecule has 1 aliphatic heterocycles. The van der Waals surface area contributed by atoms with Crippen LogP contribution in [0, 0.1) is 0 Å². The standard InChI is InChI=1S/C19H17N5OS/c25-19(16-11-13-3-1-2-4-15(13)26-16)24-9-7-23(8-10-24)18-14-5-6-20-17(14)21-12-22-18/h1-6,11-12H,7-10H2,(H,20,21,22). The van der Waals surface area contributed by atoms with E-state index in [1.54, 1.807) is 17.7 Å². The summed E-state index contributed by atoms with van der Waals surface area (Å²) in [6.45, 7) is 2.94. The molecule has 5 rings (SSSR count). The van der Waals surface area contributed by atoms with Crippen molar-refractivity contribution in [1.82, 2.24) is 19.9 Å². The number of benzene rings is 1. The number of aromatic amines is 1. The average molecular weight is 363 g/mol. The largest absolute Gasteiger partial charge is 0.352 e. The van der Waals surface area contributed by atoms with E-state index in [0.717, 1.165) is 44.9 Å². The number of nitrogens with zero attached hydrogens (tertiary/aromatic N) is 4. The molecule has 0 unspecified atom stereocenters. The molecule has 3 aromatic heterocycles. The highest BCUT2D eigenvalue weighted by molar-refractivity contribution is 7.20. The Morgan fingerprint density at radius 3 is 2.77 bits per heavy atom. The predicted molar refractivity (Wildman–Crippen MR) is 104 cm³/mol. The third-order valence-corrected chi connectivity index (χ3v) is 5.94. The molecule has 0 atom stereocenters. The van der Waals surface area contributed by atoms with Crippen molar-refractivity contribution < 1.29 is 4.79 Å². The molecule has 4 aromatic rings. The van der Waals surface area contributed by atoms with Gasteiger partial charge in [-0.15, -0.1) is 11.3 Å². The lowest BCUT2D eigenvalue weighted by Crippen LogP contribution is -2.49. The van der Waals surface area contributed by atoms with Crippen LogP contribution >= 0.6 is 11.3 Å². The number of H-pyrrole nitrogens is 1. The van der Waals surface area contributed by atoms with Crippen molar-refractivity contribution in [2.75, 3.05) is 31.1 Å². The lowest BCUT2D eigenvalue weighted by atomic mass is 10.2. The minimum atomic E-state index is 0.125. The molecule has 6 nitrogen and oxygen atoms in total. The zero-order valence-corrected chi connectivity index (χ0v) is 14.9. The highest BCUT2D eigenvalue weighted by Crippen LogP contribution is 2.27. The van der Waals surface area contributed by atoms with Gasteiger partial charge in [-0.3, -0.25) is 4.79 Å². The van der Waals surface area contributed by atoms with E-state index in [1.807, 2.05) is 35.4 Å². The molecule has 0 bridgehead atoms. The summed E-state index contributed by atoms with van der Waals surface area (Å²) in [5.74, 6) is 1.06. The van der Waals surface area contributed by atoms with Crippen LogP contribution in [0.3, 0.4) is 0 Å². The molecule has 7 heteroatoms. The van der Waals surface area contributed by atoms with Crippen molar-refractivity contribution in [2.24, 2.45) is 0 Å². The summed E-state index contributed by atoms with van der Waals surface area (Å²) < 4.78 is 1.16. The zero-order chi connectivity index (χ0) is 17.5. The molecule has 1 fully saturated rings. The number of hydrogen-bond acceptors (Lipinski definition) is 5. The number of fused-ring (bicyclic) bond motifs is 2. The van der Waals surface area contributed by atoms with E-state index < -0.39 is 0 Å². The molecule has 26 heavy (non-hydrogen) atoms. The van der Waals surface area contributed by atoms with E-state index in [2.05, 4.69) is 32.0 Å². The molecule has 4 heterocycles. The SMILES string of the molecule is O=C(c1cc2ccccc2s1)N1CCN(c2ncnc3[nH]ccc23)CC1. The van der Waals surface area contributed by atoms with E-state index in [9.17, 15) is 4.79 Å². The second-order valence-electron chi connectivity index (χ2n) is 6.36. The first-order valence-electron chi connectivity index (χ1n) is 8.60. The van der Waals surface area contributed by atoms with Crippen LogP contribution in [0.15, 0.2) is 48.9 Å². The first kappa shape index (κ1) is 15.3. The van der Waals surface area contributed by atoms with Crippen LogP contribution in [0.5, 0.6) is 0 Å². The van der Waals surface area contributed by atoms with Crippen molar-refractivity contribution in [3.05, 3.63) is 53.8 Å². The molecule has 0 saturated carbocycles. The summed E-state index contributed by atoms with van der Waals surface area (Å²) in [6, 6.07) is 12.1. The van der Waals surface area contributed by atoms with Gasteiger partial charge in [0.2, 0.25) is 0 Å². The van der Waals surface area contributed by atoms with Crippen LogP contribution in [0.2, 0.25) is 0 Å². The lowest BCUT2D eigenvalue weighted by molar-refractivity contribution is 0.0751. The Morgan fingerprint density at radius 1 is 1.08 bits per heavy atom. The van der Waals surface area contributed by atoms with Gasteiger partial charge in [0.1, 0.15) is 17.8 Å². The van der Waals surface area contributed by atoms with E-state index in [1.165, 1.54) is 0 Å². The fraction of sp³-hybridized carbons (Fsp3) is 0.211. The van der Waals surface area contributed by atoms with Crippen molar-refractivity contribution in [1.29, 1.82) is 0 Å². The van der Waals surface area contributed by atoms with E-state index in [-0.39, 0.29) is 5.91 Å². The number of thiophene rings is 1. The molecular formula is C19H17N5OS. The van der Waals surface area contributed by atoms with Gasteiger partial charge in [-0.05, 0) is 23.6 Å². The predicted octanol–water partition coefficient (Wildman–Crippen LogP) is 3.14. The second kappa shape index (κ2) is 6.10. The first-order valence-corrected chi connectivity index (χ1v) is 9.42. The maximum Gasteiger partial charge on any atom is 0.264 e. The van der Waals surface area contributed by atoms with Gasteiger partial charge in [0.15, 0.2) is 0 Å². The quantitative estimate of drug-likeness (QED) is 0.594. The molecule has 1 aliphatic rings. The Hall–Kier alpha value is -2.93. The number of piperazine rings is 1. The fourth-order valence-corrected chi connectivity index (χ4v) is 4.51. The highest BCUT2D eigenvalue weighted by Gasteiger charge is 2.25.